The topological polar surface area (TPSA) is 51.2 Å². The number of aromatic nitrogens is 1. The van der Waals surface area contributed by atoms with E-state index in [0.29, 0.717) is 0 Å². The molecule has 1 amide bonds. The molecule has 122 valence electrons. The summed E-state index contributed by atoms with van der Waals surface area (Å²) in [7, 11) is 1.65. The minimum atomic E-state index is -0.123. The van der Waals surface area contributed by atoms with Crippen molar-refractivity contribution in [2.24, 2.45) is 0 Å². The summed E-state index contributed by atoms with van der Waals surface area (Å²) in [6, 6.07) is 17.8. The predicted molar refractivity (Wildman–Crippen MR) is 95.0 cm³/mol. The molecule has 0 aliphatic carbocycles. The van der Waals surface area contributed by atoms with Crippen LogP contribution in [0, 0.1) is 0 Å². The van der Waals surface area contributed by atoms with Gasteiger partial charge in [0.05, 0.1) is 18.7 Å². The van der Waals surface area contributed by atoms with Crippen LogP contribution in [0.1, 0.15) is 24.1 Å². The highest BCUT2D eigenvalue weighted by atomic mass is 16.5. The third kappa shape index (κ3) is 3.54. The van der Waals surface area contributed by atoms with Crippen molar-refractivity contribution in [2.45, 2.75) is 19.4 Å². The standard InChI is InChI=1S/C20H20N2O2/c1-14(23)22-20(12-15-6-4-3-5-7-15)17-10-11-21-19-9-8-16(24-2)13-18(17)19/h3-11,13,20H,12H2,1-2H3,(H,22,23). The van der Waals surface area contributed by atoms with Gasteiger partial charge in [0, 0.05) is 18.5 Å². The monoisotopic (exact) mass is 320 g/mol. The van der Waals surface area contributed by atoms with Gasteiger partial charge in [0.25, 0.3) is 0 Å². The zero-order chi connectivity index (χ0) is 16.9. The van der Waals surface area contributed by atoms with Gasteiger partial charge in [0.1, 0.15) is 5.75 Å². The van der Waals surface area contributed by atoms with Gasteiger partial charge >= 0.3 is 0 Å². The molecule has 2 aromatic carbocycles. The van der Waals surface area contributed by atoms with E-state index in [1.165, 1.54) is 5.56 Å². The fourth-order valence-corrected chi connectivity index (χ4v) is 2.91. The summed E-state index contributed by atoms with van der Waals surface area (Å²) in [6.07, 6.45) is 2.50. The van der Waals surface area contributed by atoms with Gasteiger partial charge in [-0.15, -0.1) is 0 Å². The van der Waals surface area contributed by atoms with Crippen molar-refractivity contribution in [1.82, 2.24) is 10.3 Å². The summed E-state index contributed by atoms with van der Waals surface area (Å²) in [4.78, 5) is 16.1. The van der Waals surface area contributed by atoms with Crippen LogP contribution in [0.25, 0.3) is 10.9 Å². The smallest absolute Gasteiger partial charge is 0.217 e. The highest BCUT2D eigenvalue weighted by Crippen LogP contribution is 2.28. The number of hydrogen-bond acceptors (Lipinski definition) is 3. The first-order valence-electron chi connectivity index (χ1n) is 7.91. The molecule has 0 aliphatic rings. The average molecular weight is 320 g/mol. The van der Waals surface area contributed by atoms with Gasteiger partial charge in [-0.3, -0.25) is 9.78 Å². The summed E-state index contributed by atoms with van der Waals surface area (Å²) in [6.45, 7) is 1.54. The van der Waals surface area contributed by atoms with Crippen molar-refractivity contribution in [3.63, 3.8) is 0 Å². The Kier molecular flexibility index (Phi) is 4.75. The molecular formula is C20H20N2O2. The zero-order valence-corrected chi connectivity index (χ0v) is 13.8. The van der Waals surface area contributed by atoms with Crippen molar-refractivity contribution < 1.29 is 9.53 Å². The molecule has 4 heteroatoms. The molecule has 0 saturated heterocycles. The van der Waals surface area contributed by atoms with E-state index in [1.807, 2.05) is 42.5 Å². The Morgan fingerprint density at radius 1 is 1.17 bits per heavy atom. The lowest BCUT2D eigenvalue weighted by Gasteiger charge is -2.20. The molecule has 1 heterocycles. The van der Waals surface area contributed by atoms with E-state index in [4.69, 9.17) is 4.74 Å². The number of carbonyl (C=O) groups excluding carboxylic acids is 1. The Labute approximate surface area is 141 Å². The summed E-state index contributed by atoms with van der Waals surface area (Å²) in [5.74, 6) is 0.724. The third-order valence-corrected chi connectivity index (χ3v) is 4.02. The molecule has 1 aromatic heterocycles. The maximum atomic E-state index is 11.7. The molecule has 0 fully saturated rings. The SMILES string of the molecule is COc1ccc2nccc(C(Cc3ccccc3)NC(C)=O)c2c1. The van der Waals surface area contributed by atoms with Crippen LogP contribution in [-0.4, -0.2) is 18.0 Å². The highest BCUT2D eigenvalue weighted by molar-refractivity contribution is 5.85. The number of hydrogen-bond donors (Lipinski definition) is 1. The minimum absolute atomic E-state index is 0.0520. The Morgan fingerprint density at radius 2 is 1.96 bits per heavy atom. The Bertz CT molecular complexity index is 847. The number of fused-ring (bicyclic) bond motifs is 1. The van der Waals surface area contributed by atoms with Crippen LogP contribution in [0.5, 0.6) is 5.75 Å². The van der Waals surface area contributed by atoms with E-state index in [0.717, 1.165) is 28.6 Å². The molecule has 0 bridgehead atoms. The maximum Gasteiger partial charge on any atom is 0.217 e. The zero-order valence-electron chi connectivity index (χ0n) is 13.8. The van der Waals surface area contributed by atoms with Gasteiger partial charge in [-0.2, -0.15) is 0 Å². The molecule has 24 heavy (non-hydrogen) atoms. The van der Waals surface area contributed by atoms with Crippen LogP contribution < -0.4 is 10.1 Å². The van der Waals surface area contributed by atoms with Crippen molar-refractivity contribution in [1.29, 1.82) is 0 Å². The number of carbonyl (C=O) groups is 1. The van der Waals surface area contributed by atoms with Crippen LogP contribution in [-0.2, 0) is 11.2 Å². The highest BCUT2D eigenvalue weighted by Gasteiger charge is 2.17. The van der Waals surface area contributed by atoms with Gasteiger partial charge in [-0.05, 0) is 41.8 Å². The van der Waals surface area contributed by atoms with E-state index in [9.17, 15) is 4.79 Å². The van der Waals surface area contributed by atoms with Crippen molar-refractivity contribution >= 4 is 16.8 Å². The lowest BCUT2D eigenvalue weighted by molar-refractivity contribution is -0.119. The second kappa shape index (κ2) is 7.13. The fraction of sp³-hybridized carbons (Fsp3) is 0.200. The summed E-state index contributed by atoms with van der Waals surface area (Å²) >= 11 is 0. The molecule has 0 spiro atoms. The fourth-order valence-electron chi connectivity index (χ4n) is 2.91. The number of nitrogens with zero attached hydrogens (tertiary/aromatic N) is 1. The van der Waals surface area contributed by atoms with E-state index in [-0.39, 0.29) is 11.9 Å². The first-order valence-corrected chi connectivity index (χ1v) is 7.91. The second-order valence-electron chi connectivity index (χ2n) is 5.73. The van der Waals surface area contributed by atoms with Crippen molar-refractivity contribution in [2.75, 3.05) is 7.11 Å². The average Bonchev–Trinajstić information content (AvgIpc) is 2.60. The predicted octanol–water partition coefficient (Wildman–Crippen LogP) is 3.66. The van der Waals surface area contributed by atoms with Gasteiger partial charge < -0.3 is 10.1 Å². The summed E-state index contributed by atoms with van der Waals surface area (Å²) in [5.41, 5.74) is 3.10. The molecule has 0 saturated carbocycles. The van der Waals surface area contributed by atoms with Gasteiger partial charge in [-0.1, -0.05) is 30.3 Å². The molecule has 0 aliphatic heterocycles. The van der Waals surface area contributed by atoms with Crippen molar-refractivity contribution in [3.8, 4) is 5.75 Å². The molecule has 4 nitrogen and oxygen atoms in total. The van der Waals surface area contributed by atoms with E-state index in [1.54, 1.807) is 20.2 Å². The molecule has 1 N–H and O–H groups in total. The second-order valence-corrected chi connectivity index (χ2v) is 5.73. The Morgan fingerprint density at radius 3 is 2.67 bits per heavy atom. The number of ether oxygens (including phenoxy) is 1. The number of nitrogens with one attached hydrogen (secondary N) is 1. The first kappa shape index (κ1) is 16.0. The van der Waals surface area contributed by atoms with Crippen LogP contribution in [0.2, 0.25) is 0 Å². The minimum Gasteiger partial charge on any atom is -0.497 e. The Balaban J connectivity index is 2.06. The molecule has 1 atom stereocenters. The number of methoxy groups -OCH3 is 1. The largest absolute Gasteiger partial charge is 0.497 e. The quantitative estimate of drug-likeness (QED) is 0.780. The van der Waals surface area contributed by atoms with Crippen LogP contribution in [0.3, 0.4) is 0 Å². The molecule has 1 unspecified atom stereocenters. The molecule has 3 aromatic rings. The lowest BCUT2D eigenvalue weighted by atomic mass is 9.96. The normalized spacial score (nSPS) is 11.9. The van der Waals surface area contributed by atoms with Crippen molar-refractivity contribution in [3.05, 3.63) is 71.9 Å². The Hall–Kier alpha value is -2.88. The summed E-state index contributed by atoms with van der Waals surface area (Å²) < 4.78 is 5.34. The molecule has 0 radical (unpaired) electrons. The first-order chi connectivity index (χ1) is 11.7. The van der Waals surface area contributed by atoms with E-state index in [2.05, 4.69) is 22.4 Å². The van der Waals surface area contributed by atoms with Gasteiger partial charge in [0.2, 0.25) is 5.91 Å². The number of pyridine rings is 1. The number of benzene rings is 2. The van der Waals surface area contributed by atoms with Crippen LogP contribution in [0.4, 0.5) is 0 Å². The lowest BCUT2D eigenvalue weighted by Crippen LogP contribution is -2.27. The number of rotatable bonds is 5. The van der Waals surface area contributed by atoms with Crippen LogP contribution in [0.15, 0.2) is 60.8 Å². The van der Waals surface area contributed by atoms with Gasteiger partial charge in [-0.25, -0.2) is 0 Å². The molecular weight excluding hydrogens is 300 g/mol. The molecule has 3 rings (SSSR count). The van der Waals surface area contributed by atoms with E-state index >= 15 is 0 Å². The third-order valence-electron chi connectivity index (χ3n) is 4.02. The van der Waals surface area contributed by atoms with Crippen LogP contribution >= 0.6 is 0 Å². The maximum absolute atomic E-state index is 11.7. The number of amides is 1. The van der Waals surface area contributed by atoms with Gasteiger partial charge in [0.15, 0.2) is 0 Å². The van der Waals surface area contributed by atoms with E-state index < -0.39 is 0 Å². The summed E-state index contributed by atoms with van der Waals surface area (Å²) in [5, 5.41) is 4.06.